The van der Waals surface area contributed by atoms with Crippen LogP contribution in [0.25, 0.3) is 39.9 Å². The van der Waals surface area contributed by atoms with Crippen LogP contribution in [0.5, 0.6) is 0 Å². The van der Waals surface area contributed by atoms with Gasteiger partial charge in [0.15, 0.2) is 0 Å². The van der Waals surface area contributed by atoms with Crippen LogP contribution in [0.1, 0.15) is 38.9 Å². The summed E-state index contributed by atoms with van der Waals surface area (Å²) in [6, 6.07) is 64.9. The lowest BCUT2D eigenvalue weighted by Crippen LogP contribution is -2.09. The molecule has 4 heteroatoms. The highest BCUT2D eigenvalue weighted by Crippen LogP contribution is 2.38. The summed E-state index contributed by atoms with van der Waals surface area (Å²) in [6.45, 7) is 12.3. The van der Waals surface area contributed by atoms with Crippen molar-refractivity contribution in [2.75, 3.05) is 9.80 Å². The highest BCUT2D eigenvalue weighted by atomic mass is 15.1. The molecule has 0 atom stereocenters. The van der Waals surface area contributed by atoms with E-state index in [2.05, 4.69) is 180 Å². The molecule has 0 aliphatic heterocycles. The lowest BCUT2D eigenvalue weighted by atomic mass is 9.95. The number of nitriles is 1. The van der Waals surface area contributed by atoms with E-state index in [4.69, 9.17) is 6.57 Å². The first-order valence-electron chi connectivity index (χ1n) is 19.3. The Balaban J connectivity index is 1.03. The van der Waals surface area contributed by atoms with Crippen molar-refractivity contribution in [3.63, 3.8) is 0 Å². The monoisotopic (exact) mass is 744 g/mol. The van der Waals surface area contributed by atoms with Crippen LogP contribution >= 0.6 is 0 Å². The number of nitrogens with zero attached hydrogens (tertiary/aromatic N) is 4. The van der Waals surface area contributed by atoms with Crippen LogP contribution < -0.4 is 9.80 Å². The fourth-order valence-electron chi connectivity index (χ4n) is 7.22. The molecule has 0 saturated heterocycles. The summed E-state index contributed by atoms with van der Waals surface area (Å²) in [5.74, 6) is 0. The number of hydrogen-bond donors (Lipinski definition) is 0. The van der Waals surface area contributed by atoms with Crippen molar-refractivity contribution in [3.05, 3.63) is 232 Å². The molecule has 0 bridgehead atoms. The average molecular weight is 745 g/mol. The molecule has 0 fully saturated rings. The number of para-hydroxylation sites is 2. The van der Waals surface area contributed by atoms with Gasteiger partial charge in [0.05, 0.1) is 12.1 Å². The predicted octanol–water partition coefficient (Wildman–Crippen LogP) is 15.2. The zero-order valence-corrected chi connectivity index (χ0v) is 32.4. The highest BCUT2D eigenvalue weighted by molar-refractivity contribution is 6.03. The summed E-state index contributed by atoms with van der Waals surface area (Å²) < 4.78 is 0. The molecule has 4 nitrogen and oxygen atoms in total. The molecule has 0 aliphatic carbocycles. The summed E-state index contributed by atoms with van der Waals surface area (Å²) in [5, 5.41) is 11.9. The number of fused-ring (bicyclic) bond motifs is 1. The molecule has 276 valence electrons. The first-order chi connectivity index (χ1) is 28.5. The van der Waals surface area contributed by atoms with Crippen LogP contribution in [0.4, 0.5) is 39.8 Å². The molecule has 0 aliphatic rings. The summed E-state index contributed by atoms with van der Waals surface area (Å²) in [7, 11) is 0. The van der Waals surface area contributed by atoms with Gasteiger partial charge in [0.25, 0.3) is 0 Å². The molecular weight excluding hydrogens is 705 g/mol. The Morgan fingerprint density at radius 1 is 0.431 bits per heavy atom. The Morgan fingerprint density at radius 3 is 1.24 bits per heavy atom. The van der Waals surface area contributed by atoms with E-state index < -0.39 is 0 Å². The van der Waals surface area contributed by atoms with E-state index in [0.717, 1.165) is 67.2 Å². The van der Waals surface area contributed by atoms with Gasteiger partial charge >= 0.3 is 0 Å². The standard InChI is InChI=1S/C54H40N4/c1-39-14-28-47(29-15-39)57(45-10-6-4-7-11-45)49-32-20-41(21-33-49)18-24-43-26-37-52-51(53(43)38-55)36-27-44(54(52)56-3)25-19-42-22-34-50(35-23-42)58(46-12-8-5-9-13-46)48-30-16-40(2)17-31-48/h4-37H,1-2H3. The van der Waals surface area contributed by atoms with Gasteiger partial charge in [-0.2, -0.15) is 5.26 Å². The zero-order chi connectivity index (χ0) is 39.8. The molecule has 0 radical (unpaired) electrons. The largest absolute Gasteiger partial charge is 0.311 e. The van der Waals surface area contributed by atoms with Crippen LogP contribution in [-0.4, -0.2) is 0 Å². The quantitative estimate of drug-likeness (QED) is 0.103. The van der Waals surface area contributed by atoms with E-state index in [-0.39, 0.29) is 0 Å². The second-order valence-corrected chi connectivity index (χ2v) is 14.2. The molecule has 0 amide bonds. The third-order valence-corrected chi connectivity index (χ3v) is 10.3. The van der Waals surface area contributed by atoms with Crippen molar-refractivity contribution in [2.45, 2.75) is 13.8 Å². The topological polar surface area (TPSA) is 34.6 Å². The highest BCUT2D eigenvalue weighted by Gasteiger charge is 2.15. The molecule has 8 aromatic rings. The van der Waals surface area contributed by atoms with Gasteiger partial charge in [-0.15, -0.1) is 0 Å². The molecule has 58 heavy (non-hydrogen) atoms. The molecule has 0 heterocycles. The fraction of sp³-hybridized carbons (Fsp3) is 0.0370. The minimum atomic E-state index is 0.527. The van der Waals surface area contributed by atoms with E-state index in [1.54, 1.807) is 0 Å². The number of rotatable bonds is 10. The number of aryl methyl sites for hydroxylation is 2. The maximum Gasteiger partial charge on any atom is 0.202 e. The molecule has 8 rings (SSSR count). The second-order valence-electron chi connectivity index (χ2n) is 14.2. The van der Waals surface area contributed by atoms with Crippen LogP contribution in [0.3, 0.4) is 0 Å². The summed E-state index contributed by atoms with van der Waals surface area (Å²) in [5.41, 5.74) is 13.6. The van der Waals surface area contributed by atoms with Crippen molar-refractivity contribution in [1.29, 1.82) is 5.26 Å². The summed E-state index contributed by atoms with van der Waals surface area (Å²) in [4.78, 5) is 8.44. The normalized spacial score (nSPS) is 11.1. The third-order valence-electron chi connectivity index (χ3n) is 10.3. The van der Waals surface area contributed by atoms with E-state index in [1.165, 1.54) is 11.1 Å². The van der Waals surface area contributed by atoms with E-state index in [9.17, 15) is 5.26 Å². The predicted molar refractivity (Wildman–Crippen MR) is 245 cm³/mol. The van der Waals surface area contributed by atoms with Gasteiger partial charge in [-0.1, -0.05) is 145 Å². The lowest BCUT2D eigenvalue weighted by molar-refractivity contribution is 1.27. The van der Waals surface area contributed by atoms with Gasteiger partial charge in [-0.25, -0.2) is 4.85 Å². The smallest absolute Gasteiger partial charge is 0.202 e. The van der Waals surface area contributed by atoms with Gasteiger partial charge in [0.1, 0.15) is 6.07 Å². The van der Waals surface area contributed by atoms with Gasteiger partial charge in [0.2, 0.25) is 5.69 Å². The van der Waals surface area contributed by atoms with Gasteiger partial charge < -0.3 is 9.80 Å². The first-order valence-corrected chi connectivity index (χ1v) is 19.3. The van der Waals surface area contributed by atoms with Crippen molar-refractivity contribution in [1.82, 2.24) is 0 Å². The summed E-state index contributed by atoms with van der Waals surface area (Å²) in [6.07, 6.45) is 8.03. The Labute approximate surface area is 341 Å². The fourth-order valence-corrected chi connectivity index (χ4v) is 7.22. The second kappa shape index (κ2) is 16.8. The average Bonchev–Trinajstić information content (AvgIpc) is 3.27. The van der Waals surface area contributed by atoms with E-state index in [1.807, 2.05) is 60.7 Å². The third kappa shape index (κ3) is 7.91. The van der Waals surface area contributed by atoms with Crippen molar-refractivity contribution < 1.29 is 0 Å². The van der Waals surface area contributed by atoms with Gasteiger partial charge in [0, 0.05) is 34.1 Å². The van der Waals surface area contributed by atoms with Crippen LogP contribution in [0.15, 0.2) is 182 Å². The minimum Gasteiger partial charge on any atom is -0.311 e. The number of benzene rings is 8. The number of anilines is 6. The van der Waals surface area contributed by atoms with Crippen LogP contribution in [0, 0.1) is 31.8 Å². The maximum absolute atomic E-state index is 10.4. The summed E-state index contributed by atoms with van der Waals surface area (Å²) >= 11 is 0. The molecule has 8 aromatic carbocycles. The molecule has 0 spiro atoms. The zero-order valence-electron chi connectivity index (χ0n) is 32.4. The Morgan fingerprint density at radius 2 is 0.810 bits per heavy atom. The van der Waals surface area contributed by atoms with Gasteiger partial charge in [-0.3, -0.25) is 0 Å². The molecular formula is C54H40N4. The Bertz CT molecular complexity index is 2630. The minimum absolute atomic E-state index is 0.527. The van der Waals surface area contributed by atoms with Crippen LogP contribution in [0.2, 0.25) is 0 Å². The lowest BCUT2D eigenvalue weighted by Gasteiger charge is -2.25. The van der Waals surface area contributed by atoms with E-state index >= 15 is 0 Å². The van der Waals surface area contributed by atoms with Crippen molar-refractivity contribution in [2.24, 2.45) is 0 Å². The molecule has 0 saturated carbocycles. The first kappa shape index (κ1) is 37.0. The SMILES string of the molecule is [C-]#[N+]c1c(C=Cc2ccc(N(c3ccccc3)c3ccc(C)cc3)cc2)ccc2c(C#N)c(C=Cc3ccc(N(c4ccccc4)c4ccc(C)cc4)cc3)ccc12. The Hall–Kier alpha value is -7.92. The van der Waals surface area contributed by atoms with Crippen LogP contribution in [-0.2, 0) is 0 Å². The Kier molecular flexibility index (Phi) is 10.8. The van der Waals surface area contributed by atoms with Crippen molar-refractivity contribution in [3.8, 4) is 6.07 Å². The maximum atomic E-state index is 10.4. The number of hydrogen-bond acceptors (Lipinski definition) is 3. The molecule has 0 N–H and O–H groups in total. The molecule has 0 aromatic heterocycles. The van der Waals surface area contributed by atoms with Crippen molar-refractivity contribution >= 4 is 74.9 Å². The molecule has 0 unspecified atom stereocenters. The van der Waals surface area contributed by atoms with Gasteiger partial charge in [-0.05, 0) is 120 Å². The van der Waals surface area contributed by atoms with E-state index in [0.29, 0.717) is 11.3 Å².